The Morgan fingerprint density at radius 2 is 1.94 bits per heavy atom. The van der Waals surface area contributed by atoms with Gasteiger partial charge in [0.05, 0.1) is 0 Å². The predicted molar refractivity (Wildman–Crippen MR) is 73.2 cm³/mol. The second-order valence-corrected chi connectivity index (χ2v) is 5.76. The lowest BCUT2D eigenvalue weighted by Gasteiger charge is -2.30. The highest BCUT2D eigenvalue weighted by Crippen LogP contribution is 2.16. The van der Waals surface area contributed by atoms with Gasteiger partial charge in [-0.1, -0.05) is 20.8 Å². The quantitative estimate of drug-likeness (QED) is 0.634. The van der Waals surface area contributed by atoms with E-state index < -0.39 is 0 Å². The van der Waals surface area contributed by atoms with Gasteiger partial charge >= 0.3 is 0 Å². The highest BCUT2D eigenvalue weighted by atomic mass is 16.1. The largest absolute Gasteiger partial charge is 0.303 e. The van der Waals surface area contributed by atoms with Gasteiger partial charge in [0, 0.05) is 12.3 Å². The molecule has 1 aliphatic rings. The van der Waals surface area contributed by atoms with Gasteiger partial charge < -0.3 is 4.90 Å². The van der Waals surface area contributed by atoms with Crippen LogP contribution in [0.5, 0.6) is 0 Å². The molecule has 0 aromatic rings. The maximum absolute atomic E-state index is 11.7. The summed E-state index contributed by atoms with van der Waals surface area (Å²) in [6, 6.07) is 0. The zero-order valence-corrected chi connectivity index (χ0v) is 11.9. The van der Waals surface area contributed by atoms with Gasteiger partial charge in [0.25, 0.3) is 0 Å². The molecule has 0 radical (unpaired) electrons. The molecular weight excluding hydrogens is 210 g/mol. The summed E-state index contributed by atoms with van der Waals surface area (Å²) in [5, 5.41) is 0. The summed E-state index contributed by atoms with van der Waals surface area (Å²) >= 11 is 0. The van der Waals surface area contributed by atoms with Gasteiger partial charge in [-0.15, -0.1) is 0 Å². The molecule has 1 aliphatic heterocycles. The fourth-order valence-electron chi connectivity index (χ4n) is 2.39. The standard InChI is InChI=1S/C15H29NO/c1-4-14(3)15(17)7-5-6-10-16-11-8-13(2)9-12-16/h13-14H,4-12H2,1-3H3. The highest BCUT2D eigenvalue weighted by Gasteiger charge is 2.15. The molecular formula is C15H29NO. The SMILES string of the molecule is CCC(C)C(=O)CCCCN1CCC(C)CC1. The summed E-state index contributed by atoms with van der Waals surface area (Å²) in [6.45, 7) is 10.2. The first-order chi connectivity index (χ1) is 8.13. The predicted octanol–water partition coefficient (Wildman–Crippen LogP) is 3.50. The molecule has 0 saturated carbocycles. The van der Waals surface area contributed by atoms with E-state index in [1.807, 2.05) is 6.92 Å². The number of piperidine rings is 1. The summed E-state index contributed by atoms with van der Waals surface area (Å²) in [6.07, 6.45) is 6.76. The summed E-state index contributed by atoms with van der Waals surface area (Å²) < 4.78 is 0. The molecule has 1 unspecified atom stereocenters. The van der Waals surface area contributed by atoms with Crippen molar-refractivity contribution in [1.29, 1.82) is 0 Å². The molecule has 0 amide bonds. The minimum atomic E-state index is 0.269. The van der Waals surface area contributed by atoms with Crippen LogP contribution in [0.2, 0.25) is 0 Å². The van der Waals surface area contributed by atoms with Gasteiger partial charge in [0.1, 0.15) is 5.78 Å². The van der Waals surface area contributed by atoms with Gasteiger partial charge in [-0.05, 0) is 57.7 Å². The number of likely N-dealkylation sites (tertiary alicyclic amines) is 1. The number of nitrogens with zero attached hydrogens (tertiary/aromatic N) is 1. The number of Topliss-reactive ketones (excluding diaryl/α,β-unsaturated/α-hetero) is 1. The molecule has 2 nitrogen and oxygen atoms in total. The number of hydrogen-bond acceptors (Lipinski definition) is 2. The average molecular weight is 239 g/mol. The molecule has 0 aromatic heterocycles. The number of unbranched alkanes of at least 4 members (excludes halogenated alkanes) is 1. The van der Waals surface area contributed by atoms with Crippen LogP contribution in [0.1, 0.15) is 59.3 Å². The maximum Gasteiger partial charge on any atom is 0.135 e. The van der Waals surface area contributed by atoms with Crippen molar-refractivity contribution in [2.24, 2.45) is 11.8 Å². The van der Waals surface area contributed by atoms with Gasteiger partial charge in [0.2, 0.25) is 0 Å². The van der Waals surface area contributed by atoms with Crippen LogP contribution >= 0.6 is 0 Å². The lowest BCUT2D eigenvalue weighted by Crippen LogP contribution is -2.33. The molecule has 0 spiro atoms. The van der Waals surface area contributed by atoms with Crippen LogP contribution in [0.3, 0.4) is 0 Å². The number of ketones is 1. The fourth-order valence-corrected chi connectivity index (χ4v) is 2.39. The van der Waals surface area contributed by atoms with E-state index in [2.05, 4.69) is 18.7 Å². The molecule has 1 atom stereocenters. The number of carbonyl (C=O) groups excluding carboxylic acids is 1. The van der Waals surface area contributed by atoms with Crippen LogP contribution in [0.25, 0.3) is 0 Å². The maximum atomic E-state index is 11.7. The van der Waals surface area contributed by atoms with Crippen LogP contribution in [0, 0.1) is 11.8 Å². The highest BCUT2D eigenvalue weighted by molar-refractivity contribution is 5.80. The van der Waals surface area contributed by atoms with Gasteiger partial charge in [-0.2, -0.15) is 0 Å². The van der Waals surface area contributed by atoms with E-state index in [0.717, 1.165) is 25.2 Å². The zero-order chi connectivity index (χ0) is 12.7. The Labute approximate surface area is 107 Å². The third-order valence-electron chi connectivity index (χ3n) is 4.19. The normalized spacial score (nSPS) is 20.4. The molecule has 1 heterocycles. The average Bonchev–Trinajstić information content (AvgIpc) is 2.35. The van der Waals surface area contributed by atoms with Crippen molar-refractivity contribution in [3.05, 3.63) is 0 Å². The monoisotopic (exact) mass is 239 g/mol. The molecule has 1 fully saturated rings. The van der Waals surface area contributed by atoms with Crippen molar-refractivity contribution >= 4 is 5.78 Å². The number of rotatable bonds is 7. The third kappa shape index (κ3) is 5.67. The first-order valence-electron chi connectivity index (χ1n) is 7.38. The van der Waals surface area contributed by atoms with E-state index in [-0.39, 0.29) is 5.92 Å². The minimum Gasteiger partial charge on any atom is -0.303 e. The van der Waals surface area contributed by atoms with E-state index in [0.29, 0.717) is 5.78 Å². The second-order valence-electron chi connectivity index (χ2n) is 5.76. The molecule has 0 aromatic carbocycles. The zero-order valence-electron chi connectivity index (χ0n) is 11.9. The van der Waals surface area contributed by atoms with Crippen molar-refractivity contribution in [3.63, 3.8) is 0 Å². The van der Waals surface area contributed by atoms with Crippen LogP contribution < -0.4 is 0 Å². The number of hydrogen-bond donors (Lipinski definition) is 0. The smallest absolute Gasteiger partial charge is 0.135 e. The van der Waals surface area contributed by atoms with Crippen molar-refractivity contribution in [3.8, 4) is 0 Å². The lowest BCUT2D eigenvalue weighted by molar-refractivity contribution is -0.122. The molecule has 17 heavy (non-hydrogen) atoms. The first-order valence-corrected chi connectivity index (χ1v) is 7.38. The van der Waals surface area contributed by atoms with E-state index in [4.69, 9.17) is 0 Å². The van der Waals surface area contributed by atoms with Crippen LogP contribution in [0.4, 0.5) is 0 Å². The van der Waals surface area contributed by atoms with E-state index in [1.54, 1.807) is 0 Å². The second kappa shape index (κ2) is 7.86. The summed E-state index contributed by atoms with van der Waals surface area (Å²) in [7, 11) is 0. The van der Waals surface area contributed by atoms with Gasteiger partial charge in [-0.3, -0.25) is 4.79 Å². The molecule has 1 saturated heterocycles. The van der Waals surface area contributed by atoms with E-state index in [1.165, 1.54) is 38.9 Å². The van der Waals surface area contributed by atoms with Crippen LogP contribution in [0.15, 0.2) is 0 Å². The minimum absolute atomic E-state index is 0.269. The van der Waals surface area contributed by atoms with E-state index in [9.17, 15) is 4.79 Å². The van der Waals surface area contributed by atoms with E-state index >= 15 is 0 Å². The molecule has 2 heteroatoms. The Kier molecular flexibility index (Phi) is 6.79. The van der Waals surface area contributed by atoms with Gasteiger partial charge in [-0.25, -0.2) is 0 Å². The lowest BCUT2D eigenvalue weighted by atomic mass is 9.98. The third-order valence-corrected chi connectivity index (χ3v) is 4.19. The van der Waals surface area contributed by atoms with Crippen molar-refractivity contribution in [1.82, 2.24) is 4.90 Å². The molecule has 0 N–H and O–H groups in total. The number of carbonyl (C=O) groups is 1. The Morgan fingerprint density at radius 1 is 1.29 bits per heavy atom. The summed E-state index contributed by atoms with van der Waals surface area (Å²) in [4.78, 5) is 14.2. The van der Waals surface area contributed by atoms with Crippen molar-refractivity contribution in [2.45, 2.75) is 59.3 Å². The summed E-state index contributed by atoms with van der Waals surface area (Å²) in [5.74, 6) is 1.64. The fraction of sp³-hybridized carbons (Fsp3) is 0.933. The van der Waals surface area contributed by atoms with Crippen molar-refractivity contribution < 1.29 is 4.79 Å². The topological polar surface area (TPSA) is 20.3 Å². The molecule has 1 rings (SSSR count). The van der Waals surface area contributed by atoms with Crippen LogP contribution in [-0.4, -0.2) is 30.3 Å². The first kappa shape index (κ1) is 14.7. The Morgan fingerprint density at radius 3 is 2.53 bits per heavy atom. The Bertz CT molecular complexity index is 219. The van der Waals surface area contributed by atoms with Gasteiger partial charge in [0.15, 0.2) is 0 Å². The van der Waals surface area contributed by atoms with Crippen molar-refractivity contribution in [2.75, 3.05) is 19.6 Å². The Balaban J connectivity index is 2.02. The molecule has 0 bridgehead atoms. The molecule has 0 aliphatic carbocycles. The summed E-state index contributed by atoms with van der Waals surface area (Å²) in [5.41, 5.74) is 0. The van der Waals surface area contributed by atoms with Crippen LogP contribution in [-0.2, 0) is 4.79 Å². The Hall–Kier alpha value is -0.370. The molecule has 100 valence electrons.